The Labute approximate surface area is 221 Å². The highest BCUT2D eigenvalue weighted by Crippen LogP contribution is 2.19. The van der Waals surface area contributed by atoms with Crippen molar-refractivity contribution in [1.82, 2.24) is 16.2 Å². The van der Waals surface area contributed by atoms with Gasteiger partial charge in [-0.3, -0.25) is 25.2 Å². The number of amides is 2. The molecule has 3 aromatic rings. The van der Waals surface area contributed by atoms with E-state index in [1.807, 2.05) is 60.7 Å². The number of hydrazine groups is 1. The molecule has 0 aromatic heterocycles. The maximum atomic E-state index is 12.6. The molecule has 0 unspecified atom stereocenters. The van der Waals surface area contributed by atoms with Crippen LogP contribution in [0.25, 0.3) is 0 Å². The van der Waals surface area contributed by atoms with E-state index < -0.39 is 17.8 Å². The van der Waals surface area contributed by atoms with Gasteiger partial charge in [0, 0.05) is 6.42 Å². The van der Waals surface area contributed by atoms with Crippen molar-refractivity contribution in [2.45, 2.75) is 32.3 Å². The number of ether oxygens (including phenoxy) is 2. The van der Waals surface area contributed by atoms with Crippen molar-refractivity contribution in [3.05, 3.63) is 102 Å². The van der Waals surface area contributed by atoms with E-state index in [9.17, 15) is 14.4 Å². The molecule has 3 rings (SSSR count). The lowest BCUT2D eigenvalue weighted by Crippen LogP contribution is -2.48. The van der Waals surface area contributed by atoms with Gasteiger partial charge in [0.05, 0.1) is 18.6 Å². The molecule has 0 fully saturated rings. The zero-order valence-electron chi connectivity index (χ0n) is 20.3. The van der Waals surface area contributed by atoms with E-state index in [4.69, 9.17) is 21.7 Å². The van der Waals surface area contributed by atoms with E-state index in [1.165, 1.54) is 5.56 Å². The number of esters is 1. The van der Waals surface area contributed by atoms with Crippen LogP contribution in [0.5, 0.6) is 5.75 Å². The summed E-state index contributed by atoms with van der Waals surface area (Å²) in [7, 11) is 0. The molecule has 8 nitrogen and oxygen atoms in total. The summed E-state index contributed by atoms with van der Waals surface area (Å²) in [5, 5.41) is 2.32. The van der Waals surface area contributed by atoms with Crippen LogP contribution in [-0.2, 0) is 27.4 Å². The molecule has 0 heterocycles. The molecule has 3 N–H and O–H groups in total. The maximum Gasteiger partial charge on any atom is 0.306 e. The number of carbonyl (C=O) groups excluding carboxylic acids is 3. The summed E-state index contributed by atoms with van der Waals surface area (Å²) >= 11 is 5.05. The van der Waals surface area contributed by atoms with Gasteiger partial charge in [-0.1, -0.05) is 72.8 Å². The van der Waals surface area contributed by atoms with Gasteiger partial charge in [-0.15, -0.1) is 0 Å². The standard InChI is InChI=1S/C28H29N3O5S/c32-25(17-18-26(33)35-19-9-14-21-10-3-1-4-11-21)29-28(37)31-30-27(34)23-15-7-8-16-24(23)36-20-22-12-5-2-6-13-22/h1-8,10-13,15-16H,9,14,17-20H2,(H,30,34)(H2,29,31,32,37). The molecule has 0 saturated carbocycles. The number of aryl methyl sites for hydroxylation is 1. The van der Waals surface area contributed by atoms with Crippen LogP contribution in [-0.4, -0.2) is 29.5 Å². The SMILES string of the molecule is O=C(CCC(=O)OCCCc1ccccc1)NC(=S)NNC(=O)c1ccccc1OCc1ccccc1. The third-order valence-electron chi connectivity index (χ3n) is 5.18. The fourth-order valence-corrected chi connectivity index (χ4v) is 3.48. The highest BCUT2D eigenvalue weighted by Gasteiger charge is 2.14. The van der Waals surface area contributed by atoms with Crippen LogP contribution >= 0.6 is 12.2 Å². The number of rotatable bonds is 11. The van der Waals surface area contributed by atoms with Crippen molar-refractivity contribution in [3.8, 4) is 5.75 Å². The number of benzene rings is 3. The van der Waals surface area contributed by atoms with E-state index >= 15 is 0 Å². The number of nitrogens with one attached hydrogen (secondary N) is 3. The van der Waals surface area contributed by atoms with Gasteiger partial charge >= 0.3 is 5.97 Å². The first-order valence-corrected chi connectivity index (χ1v) is 12.3. The van der Waals surface area contributed by atoms with Gasteiger partial charge < -0.3 is 14.8 Å². The van der Waals surface area contributed by atoms with Crippen molar-refractivity contribution in [1.29, 1.82) is 0 Å². The van der Waals surface area contributed by atoms with E-state index in [-0.39, 0.29) is 24.6 Å². The van der Waals surface area contributed by atoms with Gasteiger partial charge in [0.15, 0.2) is 5.11 Å². The maximum absolute atomic E-state index is 12.6. The predicted octanol–water partition coefficient (Wildman–Crippen LogP) is 3.86. The van der Waals surface area contributed by atoms with E-state index in [0.717, 1.165) is 12.0 Å². The molecule has 0 bridgehead atoms. The van der Waals surface area contributed by atoms with Crippen LogP contribution in [0.3, 0.4) is 0 Å². The highest BCUT2D eigenvalue weighted by atomic mass is 32.1. The first kappa shape index (κ1) is 27.3. The van der Waals surface area contributed by atoms with Crippen LogP contribution in [0.1, 0.15) is 40.7 Å². The minimum Gasteiger partial charge on any atom is -0.488 e. The number of hydrogen-bond donors (Lipinski definition) is 3. The van der Waals surface area contributed by atoms with Crippen LogP contribution in [0.4, 0.5) is 0 Å². The number of thiocarbonyl (C=S) groups is 1. The normalized spacial score (nSPS) is 10.2. The third-order valence-corrected chi connectivity index (χ3v) is 5.39. The van der Waals surface area contributed by atoms with Crippen LogP contribution < -0.4 is 20.9 Å². The number of carbonyl (C=O) groups is 3. The molecule has 3 aromatic carbocycles. The lowest BCUT2D eigenvalue weighted by molar-refractivity contribution is -0.145. The molecule has 0 aliphatic heterocycles. The minimum atomic E-state index is -0.487. The average Bonchev–Trinajstić information content (AvgIpc) is 2.93. The molecule has 0 saturated heterocycles. The molecular weight excluding hydrogens is 490 g/mol. The second kappa shape index (κ2) is 15.0. The number of para-hydroxylation sites is 1. The topological polar surface area (TPSA) is 106 Å². The summed E-state index contributed by atoms with van der Waals surface area (Å²) in [4.78, 5) is 36.6. The fraction of sp³-hybridized carbons (Fsp3) is 0.214. The molecule has 0 aliphatic carbocycles. The smallest absolute Gasteiger partial charge is 0.306 e. The first-order chi connectivity index (χ1) is 18.0. The summed E-state index contributed by atoms with van der Waals surface area (Å²) in [5.74, 6) is -1.01. The quantitative estimate of drug-likeness (QED) is 0.153. The first-order valence-electron chi connectivity index (χ1n) is 11.9. The fourth-order valence-electron chi connectivity index (χ4n) is 3.31. The second-order valence-electron chi connectivity index (χ2n) is 8.04. The van der Waals surface area contributed by atoms with Crippen molar-refractivity contribution < 1.29 is 23.9 Å². The Balaban J connectivity index is 1.33. The van der Waals surface area contributed by atoms with E-state index in [1.54, 1.807) is 24.3 Å². The van der Waals surface area contributed by atoms with Crippen LogP contribution in [0.15, 0.2) is 84.9 Å². The average molecular weight is 520 g/mol. The summed E-state index contributed by atoms with van der Waals surface area (Å²) in [5.41, 5.74) is 7.37. The molecular formula is C28H29N3O5S. The Morgan fingerprint density at radius 3 is 2.14 bits per heavy atom. The van der Waals surface area contributed by atoms with Gasteiger partial charge in [-0.25, -0.2) is 0 Å². The van der Waals surface area contributed by atoms with Crippen molar-refractivity contribution in [3.63, 3.8) is 0 Å². The Bertz CT molecular complexity index is 1190. The monoisotopic (exact) mass is 519 g/mol. The second-order valence-corrected chi connectivity index (χ2v) is 8.44. The Morgan fingerprint density at radius 2 is 1.41 bits per heavy atom. The van der Waals surface area contributed by atoms with Crippen LogP contribution in [0.2, 0.25) is 0 Å². The van der Waals surface area contributed by atoms with Crippen LogP contribution in [0, 0.1) is 0 Å². The lowest BCUT2D eigenvalue weighted by atomic mass is 10.1. The lowest BCUT2D eigenvalue weighted by Gasteiger charge is -2.13. The largest absolute Gasteiger partial charge is 0.488 e. The molecule has 2 amide bonds. The van der Waals surface area contributed by atoms with Crippen molar-refractivity contribution in [2.24, 2.45) is 0 Å². The zero-order chi connectivity index (χ0) is 26.3. The third kappa shape index (κ3) is 10.1. The van der Waals surface area contributed by atoms with E-state index in [2.05, 4.69) is 16.2 Å². The van der Waals surface area contributed by atoms with Crippen molar-refractivity contribution in [2.75, 3.05) is 6.61 Å². The summed E-state index contributed by atoms with van der Waals surface area (Å²) in [6.07, 6.45) is 1.35. The highest BCUT2D eigenvalue weighted by molar-refractivity contribution is 7.80. The Hall–Kier alpha value is -4.24. The van der Waals surface area contributed by atoms with Gasteiger partial charge in [-0.2, -0.15) is 0 Å². The molecule has 0 spiro atoms. The zero-order valence-corrected chi connectivity index (χ0v) is 21.1. The Kier molecular flexibility index (Phi) is 11.1. The minimum absolute atomic E-state index is 0.0712. The molecule has 9 heteroatoms. The summed E-state index contributed by atoms with van der Waals surface area (Å²) in [6.45, 7) is 0.598. The molecule has 37 heavy (non-hydrogen) atoms. The molecule has 192 valence electrons. The van der Waals surface area contributed by atoms with Gasteiger partial charge in [-0.05, 0) is 48.3 Å². The summed E-state index contributed by atoms with van der Waals surface area (Å²) < 4.78 is 11.0. The van der Waals surface area contributed by atoms with Gasteiger partial charge in [0.1, 0.15) is 12.4 Å². The predicted molar refractivity (Wildman–Crippen MR) is 144 cm³/mol. The Morgan fingerprint density at radius 1 is 0.757 bits per heavy atom. The molecule has 0 atom stereocenters. The number of hydrogen-bond acceptors (Lipinski definition) is 6. The molecule has 0 radical (unpaired) electrons. The van der Waals surface area contributed by atoms with Gasteiger partial charge in [0.25, 0.3) is 5.91 Å². The van der Waals surface area contributed by atoms with Crippen molar-refractivity contribution >= 4 is 35.1 Å². The van der Waals surface area contributed by atoms with Gasteiger partial charge in [0.2, 0.25) is 5.91 Å². The molecule has 0 aliphatic rings. The summed E-state index contributed by atoms with van der Waals surface area (Å²) in [6, 6.07) is 26.3. The van der Waals surface area contributed by atoms with E-state index in [0.29, 0.717) is 24.3 Å².